The quantitative estimate of drug-likeness (QED) is 0.823. The van der Waals surface area contributed by atoms with Gasteiger partial charge in [-0.05, 0) is 24.1 Å². The lowest BCUT2D eigenvalue weighted by molar-refractivity contribution is -0.120. The van der Waals surface area contributed by atoms with Crippen LogP contribution in [0.4, 0.5) is 0 Å². The molecule has 2 heteroatoms. The van der Waals surface area contributed by atoms with Gasteiger partial charge in [0.25, 0.3) is 0 Å². The molecule has 0 atom stereocenters. The molecule has 0 aliphatic carbocycles. The second kappa shape index (κ2) is 11.3. The topological polar surface area (TPSA) is 29.1 Å². The predicted molar refractivity (Wildman–Crippen MR) is 82.0 cm³/mol. The number of rotatable bonds is 4. The van der Waals surface area contributed by atoms with E-state index in [1.165, 1.54) is 5.56 Å². The Morgan fingerprint density at radius 3 is 2.32 bits per heavy atom. The Labute approximate surface area is 117 Å². The number of carbonyl (C=O) groups excluding carboxylic acids is 1. The summed E-state index contributed by atoms with van der Waals surface area (Å²) in [6.45, 7) is 8.42. The number of hydrogen-bond acceptors (Lipinski definition) is 1. The van der Waals surface area contributed by atoms with E-state index in [1.54, 1.807) is 0 Å². The molecule has 0 radical (unpaired) electrons. The molecular formula is C17H25NO. The molecule has 1 aromatic rings. The highest BCUT2D eigenvalue weighted by Gasteiger charge is 1.92. The van der Waals surface area contributed by atoms with Gasteiger partial charge in [-0.25, -0.2) is 0 Å². The first-order valence-corrected chi connectivity index (χ1v) is 7.10. The van der Waals surface area contributed by atoms with Gasteiger partial charge in [0.1, 0.15) is 0 Å². The van der Waals surface area contributed by atoms with Crippen LogP contribution in [0.3, 0.4) is 0 Å². The minimum absolute atomic E-state index is 0.0394. The fourth-order valence-electron chi connectivity index (χ4n) is 1.46. The van der Waals surface area contributed by atoms with E-state index in [4.69, 9.17) is 0 Å². The van der Waals surface area contributed by atoms with Gasteiger partial charge in [0.15, 0.2) is 0 Å². The van der Waals surface area contributed by atoms with Crippen LogP contribution in [-0.4, -0.2) is 12.5 Å². The number of carbonyl (C=O) groups is 1. The molecule has 2 nitrogen and oxygen atoms in total. The Balaban J connectivity index is 0.00000154. The summed E-state index contributed by atoms with van der Waals surface area (Å²) in [5.74, 6) is 6.00. The zero-order valence-electron chi connectivity index (χ0n) is 12.5. The van der Waals surface area contributed by atoms with Crippen molar-refractivity contribution in [3.05, 3.63) is 35.4 Å². The maximum Gasteiger partial charge on any atom is 0.220 e. The molecular weight excluding hydrogens is 234 g/mol. The highest BCUT2D eigenvalue weighted by Crippen LogP contribution is 2.05. The van der Waals surface area contributed by atoms with Crippen LogP contribution >= 0.6 is 0 Å². The van der Waals surface area contributed by atoms with Gasteiger partial charge in [-0.15, -0.1) is 0 Å². The van der Waals surface area contributed by atoms with Crippen molar-refractivity contribution < 1.29 is 4.79 Å². The molecule has 0 aliphatic rings. The van der Waals surface area contributed by atoms with Crippen LogP contribution in [0.15, 0.2) is 24.3 Å². The summed E-state index contributed by atoms with van der Waals surface area (Å²) in [6, 6.07) is 8.27. The van der Waals surface area contributed by atoms with Crippen LogP contribution < -0.4 is 5.32 Å². The first-order valence-electron chi connectivity index (χ1n) is 7.10. The van der Waals surface area contributed by atoms with E-state index in [2.05, 4.69) is 36.2 Å². The van der Waals surface area contributed by atoms with E-state index in [-0.39, 0.29) is 5.91 Å². The molecule has 0 saturated carbocycles. The number of nitrogens with one attached hydrogen (secondary N) is 1. The summed E-state index contributed by atoms with van der Waals surface area (Å²) in [5.41, 5.74) is 2.34. The van der Waals surface area contributed by atoms with Crippen molar-refractivity contribution in [2.45, 2.75) is 47.0 Å². The first kappa shape index (κ1) is 17.2. The molecule has 0 unspecified atom stereocenters. The normalized spacial score (nSPS) is 8.63. The summed E-state index contributed by atoms with van der Waals surface area (Å²) >= 11 is 0. The predicted octanol–water partition coefficient (Wildman–Crippen LogP) is 3.54. The molecule has 1 aromatic carbocycles. The molecule has 1 rings (SSSR count). The molecule has 0 bridgehead atoms. The number of aryl methyl sites for hydroxylation is 1. The molecule has 0 heterocycles. The van der Waals surface area contributed by atoms with E-state index < -0.39 is 0 Å². The van der Waals surface area contributed by atoms with Crippen LogP contribution in [0.5, 0.6) is 0 Å². The van der Waals surface area contributed by atoms with E-state index in [9.17, 15) is 4.79 Å². The molecule has 104 valence electrons. The largest absolute Gasteiger partial charge is 0.345 e. The third kappa shape index (κ3) is 8.05. The van der Waals surface area contributed by atoms with E-state index in [0.717, 1.165) is 18.4 Å². The van der Waals surface area contributed by atoms with Crippen molar-refractivity contribution in [2.24, 2.45) is 0 Å². The zero-order valence-corrected chi connectivity index (χ0v) is 12.5. The van der Waals surface area contributed by atoms with E-state index in [0.29, 0.717) is 13.0 Å². The lowest BCUT2D eigenvalue weighted by Gasteiger charge is -1.98. The van der Waals surface area contributed by atoms with Gasteiger partial charge in [-0.3, -0.25) is 4.79 Å². The zero-order chi connectivity index (χ0) is 14.5. The summed E-state index contributed by atoms with van der Waals surface area (Å²) < 4.78 is 0. The maximum absolute atomic E-state index is 11.0. The molecule has 0 fully saturated rings. The van der Waals surface area contributed by atoms with Gasteiger partial charge in [0, 0.05) is 12.0 Å². The average Bonchev–Trinajstić information content (AvgIpc) is 2.47. The van der Waals surface area contributed by atoms with Crippen molar-refractivity contribution in [1.29, 1.82) is 0 Å². The Bertz CT molecular complexity index is 409. The molecule has 1 N–H and O–H groups in total. The minimum Gasteiger partial charge on any atom is -0.345 e. The van der Waals surface area contributed by atoms with Crippen LogP contribution in [-0.2, 0) is 11.2 Å². The maximum atomic E-state index is 11.0. The van der Waals surface area contributed by atoms with Crippen LogP contribution in [0, 0.1) is 11.8 Å². The summed E-state index contributed by atoms with van der Waals surface area (Å²) in [6.07, 6.45) is 2.78. The second-order valence-electron chi connectivity index (χ2n) is 3.88. The third-order valence-corrected chi connectivity index (χ3v) is 2.42. The molecule has 19 heavy (non-hydrogen) atoms. The van der Waals surface area contributed by atoms with E-state index in [1.807, 2.05) is 32.9 Å². The lowest BCUT2D eigenvalue weighted by atomic mass is 10.1. The first-order chi connectivity index (χ1) is 9.26. The number of hydrogen-bond donors (Lipinski definition) is 1. The summed E-state index contributed by atoms with van der Waals surface area (Å²) in [5, 5.41) is 2.72. The average molecular weight is 259 g/mol. The monoisotopic (exact) mass is 259 g/mol. The smallest absolute Gasteiger partial charge is 0.220 e. The van der Waals surface area contributed by atoms with E-state index >= 15 is 0 Å². The molecule has 0 saturated heterocycles. The van der Waals surface area contributed by atoms with Crippen LogP contribution in [0.25, 0.3) is 0 Å². The SMILES string of the molecule is CC.CCCc1ccc(C#CCNC(=O)CC)cc1. The highest BCUT2D eigenvalue weighted by molar-refractivity contribution is 5.75. The van der Waals surface area contributed by atoms with Crippen molar-refractivity contribution in [3.63, 3.8) is 0 Å². The molecule has 0 aromatic heterocycles. The Morgan fingerprint density at radius 2 is 1.79 bits per heavy atom. The van der Waals surface area contributed by atoms with Gasteiger partial charge in [-0.2, -0.15) is 0 Å². The van der Waals surface area contributed by atoms with Crippen molar-refractivity contribution in [1.82, 2.24) is 5.32 Å². The fourth-order valence-corrected chi connectivity index (χ4v) is 1.46. The minimum atomic E-state index is 0.0394. The van der Waals surface area contributed by atoms with Crippen LogP contribution in [0.1, 0.15) is 51.7 Å². The Kier molecular flexibility index (Phi) is 10.3. The second-order valence-corrected chi connectivity index (χ2v) is 3.88. The van der Waals surface area contributed by atoms with Gasteiger partial charge in [0.2, 0.25) is 5.91 Å². The molecule has 1 amide bonds. The molecule has 0 aliphatic heterocycles. The van der Waals surface area contributed by atoms with Gasteiger partial charge < -0.3 is 5.32 Å². The summed E-state index contributed by atoms with van der Waals surface area (Å²) in [4.78, 5) is 11.0. The standard InChI is InChI=1S/C15H19NO.C2H6/c1-3-6-13-8-10-14(11-9-13)7-5-12-16-15(17)4-2;1-2/h8-11H,3-4,6,12H2,1-2H3,(H,16,17);1-2H3. The van der Waals surface area contributed by atoms with Gasteiger partial charge >= 0.3 is 0 Å². The fraction of sp³-hybridized carbons (Fsp3) is 0.471. The summed E-state index contributed by atoms with van der Waals surface area (Å²) in [7, 11) is 0. The van der Waals surface area contributed by atoms with Gasteiger partial charge in [-0.1, -0.05) is 58.1 Å². The van der Waals surface area contributed by atoms with Crippen molar-refractivity contribution >= 4 is 5.91 Å². The number of amides is 1. The Hall–Kier alpha value is -1.75. The van der Waals surface area contributed by atoms with Crippen LogP contribution in [0.2, 0.25) is 0 Å². The molecule has 0 spiro atoms. The van der Waals surface area contributed by atoms with Crippen molar-refractivity contribution in [2.75, 3.05) is 6.54 Å². The highest BCUT2D eigenvalue weighted by atomic mass is 16.1. The third-order valence-electron chi connectivity index (χ3n) is 2.42. The van der Waals surface area contributed by atoms with Gasteiger partial charge in [0.05, 0.1) is 6.54 Å². The van der Waals surface area contributed by atoms with Crippen molar-refractivity contribution in [3.8, 4) is 11.8 Å². The Morgan fingerprint density at radius 1 is 1.16 bits per heavy atom. The lowest BCUT2D eigenvalue weighted by Crippen LogP contribution is -2.22. The number of benzene rings is 1.